The number of nitrogens with zero attached hydrogens (tertiary/aromatic N) is 2. The van der Waals surface area contributed by atoms with E-state index in [1.807, 2.05) is 0 Å². The third-order valence-corrected chi connectivity index (χ3v) is 3.77. The molecule has 1 aromatic carbocycles. The lowest BCUT2D eigenvalue weighted by Crippen LogP contribution is -2.06. The van der Waals surface area contributed by atoms with Crippen LogP contribution in [0.2, 0.25) is 0 Å². The molecule has 0 unspecified atom stereocenters. The predicted octanol–water partition coefficient (Wildman–Crippen LogP) is 5.03. The summed E-state index contributed by atoms with van der Waals surface area (Å²) in [7, 11) is 1.31. The van der Waals surface area contributed by atoms with Crippen molar-refractivity contribution < 1.29 is 26.3 Å². The first-order valence-corrected chi connectivity index (χ1v) is 6.77. The van der Waals surface area contributed by atoms with Crippen LogP contribution in [0.15, 0.2) is 29.2 Å². The first kappa shape index (κ1) is 16.7. The summed E-state index contributed by atoms with van der Waals surface area (Å²) in [5.74, 6) is 0. The van der Waals surface area contributed by atoms with Gasteiger partial charge in [-0.1, -0.05) is 12.1 Å². The lowest BCUT2D eigenvalue weighted by molar-refractivity contribution is -0.141. The molecule has 2 nitrogen and oxygen atoms in total. The maximum atomic E-state index is 12.6. The van der Waals surface area contributed by atoms with Gasteiger partial charge in [0, 0.05) is 17.5 Å². The molecule has 0 saturated heterocycles. The van der Waals surface area contributed by atoms with E-state index in [4.69, 9.17) is 0 Å². The molecule has 0 bridgehead atoms. The van der Waals surface area contributed by atoms with Crippen LogP contribution in [-0.2, 0) is 13.2 Å². The zero-order valence-electron chi connectivity index (χ0n) is 11.4. The summed E-state index contributed by atoms with van der Waals surface area (Å²) >= 11 is -0.297. The quantitative estimate of drug-likeness (QED) is 0.564. The summed E-state index contributed by atoms with van der Waals surface area (Å²) in [6.45, 7) is 1.50. The monoisotopic (exact) mass is 340 g/mol. The van der Waals surface area contributed by atoms with Gasteiger partial charge in [0.2, 0.25) is 0 Å². The highest BCUT2D eigenvalue weighted by Gasteiger charge is 2.35. The minimum absolute atomic E-state index is 0.0558. The van der Waals surface area contributed by atoms with Gasteiger partial charge in [0.1, 0.15) is 0 Å². The number of halogens is 6. The fourth-order valence-electron chi connectivity index (χ4n) is 1.87. The average Bonchev–Trinajstić information content (AvgIpc) is 2.72. The van der Waals surface area contributed by atoms with Gasteiger partial charge in [0.15, 0.2) is 5.69 Å². The Bertz CT molecular complexity index is 687. The Balaban J connectivity index is 2.46. The Labute approximate surface area is 126 Å². The lowest BCUT2D eigenvalue weighted by atomic mass is 10.1. The van der Waals surface area contributed by atoms with Crippen molar-refractivity contribution in [2.45, 2.75) is 23.5 Å². The van der Waals surface area contributed by atoms with Crippen LogP contribution in [0.25, 0.3) is 11.3 Å². The van der Waals surface area contributed by atoms with E-state index in [1.54, 1.807) is 0 Å². The Morgan fingerprint density at radius 1 is 1.05 bits per heavy atom. The Morgan fingerprint density at radius 2 is 1.68 bits per heavy atom. The van der Waals surface area contributed by atoms with Crippen LogP contribution in [0, 0.1) is 6.92 Å². The SMILES string of the molecule is Cc1ccc(-c2cc(C(F)(F)F)nn2C)cc1SC(F)(F)F. The zero-order chi connectivity index (χ0) is 16.7. The predicted molar refractivity (Wildman–Crippen MR) is 70.3 cm³/mol. The smallest absolute Gasteiger partial charge is 0.267 e. The molecule has 0 atom stereocenters. The fourth-order valence-corrected chi connectivity index (χ4v) is 2.53. The second-order valence-corrected chi connectivity index (χ2v) is 5.67. The molecule has 1 heterocycles. The van der Waals surface area contributed by atoms with Crippen LogP contribution in [0.5, 0.6) is 0 Å². The van der Waals surface area contributed by atoms with Crippen LogP contribution in [-0.4, -0.2) is 15.3 Å². The molecule has 0 amide bonds. The molecule has 120 valence electrons. The third kappa shape index (κ3) is 3.76. The van der Waals surface area contributed by atoms with Crippen molar-refractivity contribution in [1.82, 2.24) is 9.78 Å². The van der Waals surface area contributed by atoms with Gasteiger partial charge in [-0.3, -0.25) is 4.68 Å². The van der Waals surface area contributed by atoms with E-state index in [1.165, 1.54) is 32.2 Å². The second kappa shape index (κ2) is 5.53. The van der Waals surface area contributed by atoms with E-state index in [2.05, 4.69) is 5.10 Å². The topological polar surface area (TPSA) is 17.8 Å². The summed E-state index contributed by atoms with van der Waals surface area (Å²) < 4.78 is 76.4. The molecule has 9 heteroatoms. The van der Waals surface area contributed by atoms with Crippen LogP contribution >= 0.6 is 11.8 Å². The van der Waals surface area contributed by atoms with E-state index in [0.29, 0.717) is 5.56 Å². The number of rotatable bonds is 2. The molecule has 1 aromatic heterocycles. The summed E-state index contributed by atoms with van der Waals surface area (Å²) in [5.41, 5.74) is -4.83. The van der Waals surface area contributed by atoms with E-state index in [-0.39, 0.29) is 27.9 Å². The number of aryl methyl sites for hydroxylation is 2. The molecular formula is C13H10F6N2S. The number of hydrogen-bond donors (Lipinski definition) is 0. The van der Waals surface area contributed by atoms with Gasteiger partial charge in [-0.2, -0.15) is 31.4 Å². The third-order valence-electron chi connectivity index (χ3n) is 2.88. The van der Waals surface area contributed by atoms with Crippen LogP contribution < -0.4 is 0 Å². The highest BCUT2D eigenvalue weighted by molar-refractivity contribution is 8.00. The van der Waals surface area contributed by atoms with E-state index in [9.17, 15) is 26.3 Å². The molecule has 2 rings (SSSR count). The normalized spacial score (nSPS) is 12.7. The van der Waals surface area contributed by atoms with Crippen molar-refractivity contribution >= 4 is 11.8 Å². The number of thioether (sulfide) groups is 1. The van der Waals surface area contributed by atoms with Crippen molar-refractivity contribution in [3.63, 3.8) is 0 Å². The first-order chi connectivity index (χ1) is 9.97. The van der Waals surface area contributed by atoms with Crippen molar-refractivity contribution in [3.8, 4) is 11.3 Å². The number of benzene rings is 1. The maximum Gasteiger partial charge on any atom is 0.446 e. The summed E-state index contributed by atoms with van der Waals surface area (Å²) in [5, 5.41) is 3.35. The van der Waals surface area contributed by atoms with Gasteiger partial charge in [0.25, 0.3) is 0 Å². The van der Waals surface area contributed by atoms with Gasteiger partial charge in [-0.25, -0.2) is 0 Å². The average molecular weight is 340 g/mol. The molecule has 0 N–H and O–H groups in total. The van der Waals surface area contributed by atoms with Gasteiger partial charge >= 0.3 is 11.7 Å². The van der Waals surface area contributed by atoms with E-state index < -0.39 is 17.4 Å². The summed E-state index contributed by atoms with van der Waals surface area (Å²) in [6.07, 6.45) is -4.61. The van der Waals surface area contributed by atoms with Crippen LogP contribution in [0.4, 0.5) is 26.3 Å². The number of hydrogen-bond acceptors (Lipinski definition) is 2. The summed E-state index contributed by atoms with van der Waals surface area (Å²) in [6, 6.07) is 4.92. The lowest BCUT2D eigenvalue weighted by Gasteiger charge is -2.10. The second-order valence-electron chi connectivity index (χ2n) is 4.56. The molecule has 0 fully saturated rings. The number of aromatic nitrogens is 2. The Hall–Kier alpha value is -1.64. The van der Waals surface area contributed by atoms with Crippen LogP contribution in [0.3, 0.4) is 0 Å². The Morgan fingerprint density at radius 3 is 2.18 bits per heavy atom. The van der Waals surface area contributed by atoms with E-state index >= 15 is 0 Å². The van der Waals surface area contributed by atoms with Crippen molar-refractivity contribution in [2.24, 2.45) is 7.05 Å². The molecule has 0 aliphatic heterocycles. The Kier molecular flexibility index (Phi) is 4.20. The standard InChI is InChI=1S/C13H10F6N2S/c1-7-3-4-8(5-10(7)22-13(17,18)19)9-6-11(12(14,15)16)20-21(9)2/h3-6H,1-2H3. The van der Waals surface area contributed by atoms with Crippen molar-refractivity contribution in [1.29, 1.82) is 0 Å². The fraction of sp³-hybridized carbons (Fsp3) is 0.308. The van der Waals surface area contributed by atoms with Crippen molar-refractivity contribution in [3.05, 3.63) is 35.5 Å². The molecule has 0 spiro atoms. The molecule has 0 aliphatic rings. The van der Waals surface area contributed by atoms with Gasteiger partial charge < -0.3 is 0 Å². The molecule has 0 aliphatic carbocycles. The first-order valence-electron chi connectivity index (χ1n) is 5.95. The molecule has 0 saturated carbocycles. The largest absolute Gasteiger partial charge is 0.446 e. The molecular weight excluding hydrogens is 330 g/mol. The molecule has 0 radical (unpaired) electrons. The minimum Gasteiger partial charge on any atom is -0.267 e. The maximum absolute atomic E-state index is 12.6. The van der Waals surface area contributed by atoms with Gasteiger partial charge in [0.05, 0.1) is 5.69 Å². The molecule has 22 heavy (non-hydrogen) atoms. The summed E-state index contributed by atoms with van der Waals surface area (Å²) in [4.78, 5) is -0.0558. The minimum atomic E-state index is -4.61. The van der Waals surface area contributed by atoms with E-state index in [0.717, 1.165) is 10.7 Å². The van der Waals surface area contributed by atoms with Gasteiger partial charge in [-0.15, -0.1) is 0 Å². The highest BCUT2D eigenvalue weighted by atomic mass is 32.2. The molecule has 2 aromatic rings. The zero-order valence-corrected chi connectivity index (χ0v) is 12.2. The van der Waals surface area contributed by atoms with Crippen molar-refractivity contribution in [2.75, 3.05) is 0 Å². The highest BCUT2D eigenvalue weighted by Crippen LogP contribution is 2.40. The van der Waals surface area contributed by atoms with Gasteiger partial charge in [-0.05, 0) is 36.4 Å². The van der Waals surface area contributed by atoms with Crippen LogP contribution in [0.1, 0.15) is 11.3 Å². The number of alkyl halides is 6.